The summed E-state index contributed by atoms with van der Waals surface area (Å²) in [6.45, 7) is 5.33. The van der Waals surface area contributed by atoms with Crippen LogP contribution in [0.3, 0.4) is 0 Å². The van der Waals surface area contributed by atoms with Crippen LogP contribution in [0.1, 0.15) is 20.8 Å². The van der Waals surface area contributed by atoms with Crippen molar-refractivity contribution in [2.45, 2.75) is 26.4 Å². The Bertz CT molecular complexity index is 988. The van der Waals surface area contributed by atoms with Crippen molar-refractivity contribution < 1.29 is 14.5 Å². The van der Waals surface area contributed by atoms with E-state index in [0.29, 0.717) is 17.0 Å². The normalized spacial score (nSPS) is 11.2. The van der Waals surface area contributed by atoms with Gasteiger partial charge in [0.05, 0.1) is 16.3 Å². The number of nitrogens with zero attached hydrogens (tertiary/aromatic N) is 3. The molecule has 138 valence electrons. The molecule has 0 unspecified atom stereocenters. The van der Waals surface area contributed by atoms with E-state index in [1.54, 1.807) is 39.0 Å². The van der Waals surface area contributed by atoms with Gasteiger partial charge in [-0.1, -0.05) is 42.5 Å². The third kappa shape index (κ3) is 4.20. The summed E-state index contributed by atoms with van der Waals surface area (Å²) >= 11 is 0. The number of rotatable bonds is 3. The molecule has 0 aliphatic rings. The van der Waals surface area contributed by atoms with Crippen LogP contribution in [-0.2, 0) is 4.74 Å². The van der Waals surface area contributed by atoms with E-state index in [1.165, 1.54) is 16.8 Å². The SMILES string of the molecule is CC(C)(C)OC(=O)n1nc(-c2cccc([N+](=O)[O-])c2)cc1-c1ccccc1. The van der Waals surface area contributed by atoms with Crippen molar-refractivity contribution in [2.75, 3.05) is 0 Å². The average molecular weight is 365 g/mol. The molecule has 0 saturated carbocycles. The van der Waals surface area contributed by atoms with Crippen LogP contribution in [0.4, 0.5) is 10.5 Å². The van der Waals surface area contributed by atoms with E-state index in [9.17, 15) is 14.9 Å². The Morgan fingerprint density at radius 3 is 2.33 bits per heavy atom. The molecule has 7 nitrogen and oxygen atoms in total. The van der Waals surface area contributed by atoms with Gasteiger partial charge in [-0.15, -0.1) is 0 Å². The summed E-state index contributed by atoms with van der Waals surface area (Å²) in [6.07, 6.45) is -0.613. The van der Waals surface area contributed by atoms with Gasteiger partial charge in [0.15, 0.2) is 0 Å². The molecule has 1 aromatic heterocycles. The van der Waals surface area contributed by atoms with E-state index < -0.39 is 16.6 Å². The lowest BCUT2D eigenvalue weighted by atomic mass is 10.1. The van der Waals surface area contributed by atoms with Gasteiger partial charge in [-0.05, 0) is 26.8 Å². The van der Waals surface area contributed by atoms with Gasteiger partial charge in [0, 0.05) is 23.3 Å². The third-order valence-electron chi connectivity index (χ3n) is 3.70. The van der Waals surface area contributed by atoms with E-state index in [1.807, 2.05) is 30.3 Å². The highest BCUT2D eigenvalue weighted by Crippen LogP contribution is 2.28. The summed E-state index contributed by atoms with van der Waals surface area (Å²) in [5.41, 5.74) is 1.61. The fourth-order valence-electron chi connectivity index (χ4n) is 2.56. The third-order valence-corrected chi connectivity index (χ3v) is 3.70. The van der Waals surface area contributed by atoms with Crippen molar-refractivity contribution >= 4 is 11.8 Å². The summed E-state index contributed by atoms with van der Waals surface area (Å²) in [7, 11) is 0. The van der Waals surface area contributed by atoms with Gasteiger partial charge in [-0.3, -0.25) is 10.1 Å². The van der Waals surface area contributed by atoms with Crippen LogP contribution < -0.4 is 0 Å². The van der Waals surface area contributed by atoms with Crippen LogP contribution >= 0.6 is 0 Å². The molecule has 0 amide bonds. The van der Waals surface area contributed by atoms with Crippen LogP contribution in [0.15, 0.2) is 60.7 Å². The zero-order valence-corrected chi connectivity index (χ0v) is 15.2. The Morgan fingerprint density at radius 2 is 1.70 bits per heavy atom. The highest BCUT2D eigenvalue weighted by molar-refractivity contribution is 5.80. The number of aromatic nitrogens is 2. The number of nitro groups is 1. The Kier molecular flexibility index (Phi) is 4.77. The molecule has 3 rings (SSSR count). The molecule has 0 N–H and O–H groups in total. The number of non-ortho nitro benzene ring substituents is 1. The van der Waals surface area contributed by atoms with E-state index >= 15 is 0 Å². The predicted octanol–water partition coefficient (Wildman–Crippen LogP) is 4.91. The van der Waals surface area contributed by atoms with E-state index in [2.05, 4.69) is 5.10 Å². The topological polar surface area (TPSA) is 87.3 Å². The molecule has 0 spiro atoms. The number of hydrogen-bond donors (Lipinski definition) is 0. The van der Waals surface area contributed by atoms with Gasteiger partial charge in [0.25, 0.3) is 5.69 Å². The minimum atomic E-state index is -0.678. The van der Waals surface area contributed by atoms with Crippen LogP contribution in [0.25, 0.3) is 22.5 Å². The first kappa shape index (κ1) is 18.3. The molecule has 0 saturated heterocycles. The number of carbonyl (C=O) groups excluding carboxylic acids is 1. The first-order chi connectivity index (χ1) is 12.7. The van der Waals surface area contributed by atoms with Crippen molar-refractivity contribution in [3.8, 4) is 22.5 Å². The van der Waals surface area contributed by atoms with Gasteiger partial charge >= 0.3 is 6.09 Å². The maximum Gasteiger partial charge on any atom is 0.435 e. The Morgan fingerprint density at radius 1 is 1.04 bits per heavy atom. The molecule has 27 heavy (non-hydrogen) atoms. The first-order valence-electron chi connectivity index (χ1n) is 8.38. The molecule has 0 atom stereocenters. The lowest BCUT2D eigenvalue weighted by Crippen LogP contribution is -2.28. The lowest BCUT2D eigenvalue weighted by Gasteiger charge is -2.19. The van der Waals surface area contributed by atoms with Crippen molar-refractivity contribution in [2.24, 2.45) is 0 Å². The summed E-state index contributed by atoms with van der Waals surface area (Å²) in [5, 5.41) is 15.4. The van der Waals surface area contributed by atoms with E-state index in [4.69, 9.17) is 4.74 Å². The standard InChI is InChI=1S/C20H19N3O4/c1-20(2,3)27-19(24)22-18(14-8-5-4-6-9-14)13-17(21-22)15-10-7-11-16(12-15)23(25)26/h4-13H,1-3H3. The molecule has 1 heterocycles. The van der Waals surface area contributed by atoms with Crippen LogP contribution in [0.2, 0.25) is 0 Å². The molecule has 0 radical (unpaired) electrons. The molecular weight excluding hydrogens is 346 g/mol. The minimum Gasteiger partial charge on any atom is -0.442 e. The molecular formula is C20H19N3O4. The van der Waals surface area contributed by atoms with Gasteiger partial charge in [0.1, 0.15) is 5.60 Å². The number of ether oxygens (including phenoxy) is 1. The monoisotopic (exact) mass is 365 g/mol. The van der Waals surface area contributed by atoms with Gasteiger partial charge in [-0.25, -0.2) is 4.79 Å². The first-order valence-corrected chi connectivity index (χ1v) is 8.38. The highest BCUT2D eigenvalue weighted by Gasteiger charge is 2.23. The average Bonchev–Trinajstić information content (AvgIpc) is 3.07. The number of benzene rings is 2. The Balaban J connectivity index is 2.11. The Labute approximate surface area is 156 Å². The Hall–Kier alpha value is -3.48. The summed E-state index contributed by atoms with van der Waals surface area (Å²) in [4.78, 5) is 23.2. The number of hydrogen-bond acceptors (Lipinski definition) is 5. The predicted molar refractivity (Wildman–Crippen MR) is 101 cm³/mol. The number of carbonyl (C=O) groups is 1. The van der Waals surface area contributed by atoms with E-state index in [-0.39, 0.29) is 5.69 Å². The molecule has 7 heteroatoms. The van der Waals surface area contributed by atoms with Crippen molar-refractivity contribution in [3.05, 3.63) is 70.8 Å². The van der Waals surface area contributed by atoms with Crippen molar-refractivity contribution in [1.29, 1.82) is 0 Å². The van der Waals surface area contributed by atoms with Crippen molar-refractivity contribution in [3.63, 3.8) is 0 Å². The minimum absolute atomic E-state index is 0.0411. The second-order valence-electron chi connectivity index (χ2n) is 6.98. The second kappa shape index (κ2) is 7.03. The fourth-order valence-corrected chi connectivity index (χ4v) is 2.56. The summed E-state index contributed by atoms with van der Waals surface area (Å²) < 4.78 is 6.64. The van der Waals surface area contributed by atoms with Crippen molar-refractivity contribution in [1.82, 2.24) is 9.78 Å². The zero-order valence-electron chi connectivity index (χ0n) is 15.2. The lowest BCUT2D eigenvalue weighted by molar-refractivity contribution is -0.384. The molecule has 0 fully saturated rings. The van der Waals surface area contributed by atoms with Crippen LogP contribution in [-0.4, -0.2) is 26.4 Å². The molecule has 0 aliphatic carbocycles. The smallest absolute Gasteiger partial charge is 0.435 e. The van der Waals surface area contributed by atoms with Crippen LogP contribution in [0, 0.1) is 10.1 Å². The molecule has 3 aromatic rings. The largest absolute Gasteiger partial charge is 0.442 e. The quantitative estimate of drug-likeness (QED) is 0.486. The zero-order chi connectivity index (χ0) is 19.6. The van der Waals surface area contributed by atoms with Gasteiger partial charge < -0.3 is 4.74 Å². The van der Waals surface area contributed by atoms with E-state index in [0.717, 1.165) is 5.56 Å². The highest BCUT2D eigenvalue weighted by atomic mass is 16.6. The van der Waals surface area contributed by atoms with Gasteiger partial charge in [0.2, 0.25) is 0 Å². The van der Waals surface area contributed by atoms with Gasteiger partial charge in [-0.2, -0.15) is 9.78 Å². The maximum atomic E-state index is 12.6. The number of nitro benzene ring substituents is 1. The molecule has 0 bridgehead atoms. The molecule has 2 aromatic carbocycles. The summed E-state index contributed by atoms with van der Waals surface area (Å²) in [5.74, 6) is 0. The fraction of sp³-hybridized carbons (Fsp3) is 0.200. The second-order valence-corrected chi connectivity index (χ2v) is 6.98. The summed E-state index contributed by atoms with van der Waals surface area (Å²) in [6, 6.07) is 17.2. The molecule has 0 aliphatic heterocycles. The maximum absolute atomic E-state index is 12.6. The van der Waals surface area contributed by atoms with Crippen LogP contribution in [0.5, 0.6) is 0 Å².